The largest absolute Gasteiger partial charge is 0.507 e. The van der Waals surface area contributed by atoms with E-state index in [1.807, 2.05) is 0 Å². The van der Waals surface area contributed by atoms with Gasteiger partial charge >= 0.3 is 0 Å². The molecule has 0 aliphatic rings. The van der Waals surface area contributed by atoms with Crippen molar-refractivity contribution >= 4 is 0 Å². The minimum Gasteiger partial charge on any atom is -0.507 e. The number of phenolic OH excluding ortho intramolecular Hbond substituents is 1. The van der Waals surface area contributed by atoms with Crippen LogP contribution in [0.4, 0.5) is 0 Å². The fraction of sp³-hybridized carbons (Fsp3) is 0.727. The Morgan fingerprint density at radius 1 is 0.739 bits per heavy atom. The molecule has 0 aliphatic heterocycles. The van der Waals surface area contributed by atoms with Crippen LogP contribution in [-0.4, -0.2) is 5.11 Å². The number of rotatable bonds is 7. The second-order valence-electron chi connectivity index (χ2n) is 9.01. The number of hydrogen-bond donors (Lipinski definition) is 1. The lowest BCUT2D eigenvalue weighted by Gasteiger charge is -2.28. The van der Waals surface area contributed by atoms with E-state index in [0.717, 1.165) is 12.0 Å². The summed E-state index contributed by atoms with van der Waals surface area (Å²) in [7, 11) is 0. The summed E-state index contributed by atoms with van der Waals surface area (Å²) >= 11 is 0. The van der Waals surface area contributed by atoms with E-state index in [1.165, 1.54) is 49.7 Å². The predicted octanol–water partition coefficient (Wildman–Crippen LogP) is 6.89. The maximum atomic E-state index is 10.9. The molecule has 1 N–H and O–H groups in total. The summed E-state index contributed by atoms with van der Waals surface area (Å²) < 4.78 is 0. The van der Waals surface area contributed by atoms with E-state index >= 15 is 0 Å². The summed E-state index contributed by atoms with van der Waals surface area (Å²) in [5, 5.41) is 10.9. The molecule has 1 heteroatoms. The monoisotopic (exact) mass is 318 g/mol. The van der Waals surface area contributed by atoms with Gasteiger partial charge in [-0.1, -0.05) is 92.7 Å². The summed E-state index contributed by atoms with van der Waals surface area (Å²) in [6, 6.07) is 4.37. The molecule has 1 rings (SSSR count). The van der Waals surface area contributed by atoms with E-state index in [1.54, 1.807) is 0 Å². The van der Waals surface area contributed by atoms with Crippen molar-refractivity contribution in [2.24, 2.45) is 0 Å². The molecule has 1 aromatic carbocycles. The van der Waals surface area contributed by atoms with Gasteiger partial charge in [0.05, 0.1) is 0 Å². The van der Waals surface area contributed by atoms with Gasteiger partial charge in [-0.15, -0.1) is 0 Å². The summed E-state index contributed by atoms with van der Waals surface area (Å²) in [6.45, 7) is 15.5. The summed E-state index contributed by atoms with van der Waals surface area (Å²) in [4.78, 5) is 0. The van der Waals surface area contributed by atoms with Crippen molar-refractivity contribution in [1.82, 2.24) is 0 Å². The molecule has 1 nitrogen and oxygen atoms in total. The molecule has 0 amide bonds. The summed E-state index contributed by atoms with van der Waals surface area (Å²) in [5.41, 5.74) is 3.62. The summed E-state index contributed by atoms with van der Waals surface area (Å²) in [5.74, 6) is 0.540. The molecule has 23 heavy (non-hydrogen) atoms. The molecule has 0 fully saturated rings. The first-order chi connectivity index (χ1) is 10.6. The molecular formula is C22H38O. The summed E-state index contributed by atoms with van der Waals surface area (Å²) in [6.07, 6.45) is 8.74. The molecule has 1 aromatic rings. The van der Waals surface area contributed by atoms with Gasteiger partial charge in [-0.3, -0.25) is 0 Å². The zero-order valence-electron chi connectivity index (χ0n) is 16.6. The molecule has 0 bridgehead atoms. The first-order valence-electron chi connectivity index (χ1n) is 9.44. The van der Waals surface area contributed by atoms with Gasteiger partial charge in [0.1, 0.15) is 5.75 Å². The van der Waals surface area contributed by atoms with Gasteiger partial charge in [0.25, 0.3) is 0 Å². The van der Waals surface area contributed by atoms with Crippen LogP contribution in [0.1, 0.15) is 104 Å². The Hall–Kier alpha value is -0.980. The number of phenols is 1. The second-order valence-corrected chi connectivity index (χ2v) is 9.01. The van der Waals surface area contributed by atoms with Crippen LogP contribution >= 0.6 is 0 Å². The first kappa shape index (κ1) is 20.1. The number of unbranched alkanes of at least 4 members (excludes halogenated alkanes) is 5. The van der Waals surface area contributed by atoms with Gasteiger partial charge in [0.15, 0.2) is 0 Å². The second kappa shape index (κ2) is 8.22. The molecule has 0 heterocycles. The molecule has 0 radical (unpaired) electrons. The zero-order chi connectivity index (χ0) is 17.7. The first-order valence-corrected chi connectivity index (χ1v) is 9.44. The maximum Gasteiger partial charge on any atom is 0.122 e. The highest BCUT2D eigenvalue weighted by Crippen LogP contribution is 2.39. The minimum absolute atomic E-state index is 0.0175. The van der Waals surface area contributed by atoms with E-state index in [-0.39, 0.29) is 10.8 Å². The molecule has 0 aromatic heterocycles. The standard InChI is InChI=1S/C22H38O/c1-8-9-10-11-12-13-14-17-18(21(2,3)4)15-16-19(20(17)23)22(5,6)7/h15-16,23H,8-14H2,1-7H3. The lowest BCUT2D eigenvalue weighted by molar-refractivity contribution is 0.433. The van der Waals surface area contributed by atoms with Crippen molar-refractivity contribution < 1.29 is 5.11 Å². The fourth-order valence-electron chi connectivity index (χ4n) is 3.28. The number of hydrogen-bond acceptors (Lipinski definition) is 1. The van der Waals surface area contributed by atoms with Crippen LogP contribution in [0.5, 0.6) is 5.75 Å². The van der Waals surface area contributed by atoms with Gasteiger partial charge in [0.2, 0.25) is 0 Å². The average Bonchev–Trinajstić information content (AvgIpc) is 2.41. The maximum absolute atomic E-state index is 10.9. The van der Waals surface area contributed by atoms with E-state index < -0.39 is 0 Å². The average molecular weight is 319 g/mol. The van der Waals surface area contributed by atoms with Crippen LogP contribution in [0, 0.1) is 0 Å². The Bertz CT molecular complexity index is 486. The van der Waals surface area contributed by atoms with Crippen molar-refractivity contribution in [3.8, 4) is 5.75 Å². The van der Waals surface area contributed by atoms with Crippen LogP contribution in [0.2, 0.25) is 0 Å². The number of benzene rings is 1. The Kier molecular flexibility index (Phi) is 7.17. The predicted molar refractivity (Wildman–Crippen MR) is 103 cm³/mol. The van der Waals surface area contributed by atoms with Gasteiger partial charge in [-0.2, -0.15) is 0 Å². The molecule has 0 saturated carbocycles. The normalized spacial score (nSPS) is 12.7. The lowest BCUT2D eigenvalue weighted by Crippen LogP contribution is -2.18. The van der Waals surface area contributed by atoms with Crippen LogP contribution < -0.4 is 0 Å². The van der Waals surface area contributed by atoms with E-state index in [9.17, 15) is 5.11 Å². The number of aromatic hydroxyl groups is 1. The SMILES string of the molecule is CCCCCCCCc1c(C(C)(C)C)ccc(C(C)(C)C)c1O. The van der Waals surface area contributed by atoms with Crippen molar-refractivity contribution in [2.45, 2.75) is 104 Å². The minimum atomic E-state index is -0.0175. The molecule has 0 unspecified atom stereocenters. The highest BCUT2D eigenvalue weighted by molar-refractivity contribution is 5.50. The van der Waals surface area contributed by atoms with E-state index in [2.05, 4.69) is 60.6 Å². The molecular weight excluding hydrogens is 280 g/mol. The molecule has 0 spiro atoms. The van der Waals surface area contributed by atoms with Crippen molar-refractivity contribution in [1.29, 1.82) is 0 Å². The zero-order valence-corrected chi connectivity index (χ0v) is 16.6. The topological polar surface area (TPSA) is 20.2 Å². The fourth-order valence-corrected chi connectivity index (χ4v) is 3.28. The Morgan fingerprint density at radius 3 is 1.74 bits per heavy atom. The third-order valence-electron chi connectivity index (χ3n) is 4.68. The van der Waals surface area contributed by atoms with Gasteiger partial charge < -0.3 is 5.11 Å². The molecule has 0 saturated heterocycles. The molecule has 132 valence electrons. The quantitative estimate of drug-likeness (QED) is 0.543. The van der Waals surface area contributed by atoms with Crippen LogP contribution in [-0.2, 0) is 17.3 Å². The van der Waals surface area contributed by atoms with Crippen LogP contribution in [0.15, 0.2) is 12.1 Å². The van der Waals surface area contributed by atoms with Gasteiger partial charge in [-0.25, -0.2) is 0 Å². The van der Waals surface area contributed by atoms with Crippen molar-refractivity contribution in [3.63, 3.8) is 0 Å². The lowest BCUT2D eigenvalue weighted by atomic mass is 9.77. The van der Waals surface area contributed by atoms with E-state index in [0.29, 0.717) is 5.75 Å². The molecule has 0 atom stereocenters. The van der Waals surface area contributed by atoms with Gasteiger partial charge in [0, 0.05) is 0 Å². The van der Waals surface area contributed by atoms with Crippen molar-refractivity contribution in [2.75, 3.05) is 0 Å². The third kappa shape index (κ3) is 5.86. The highest BCUT2D eigenvalue weighted by Gasteiger charge is 2.25. The Labute approximate surface area is 144 Å². The van der Waals surface area contributed by atoms with Gasteiger partial charge in [-0.05, 0) is 40.4 Å². The van der Waals surface area contributed by atoms with E-state index in [4.69, 9.17) is 0 Å². The Morgan fingerprint density at radius 2 is 1.22 bits per heavy atom. The third-order valence-corrected chi connectivity index (χ3v) is 4.68. The van der Waals surface area contributed by atoms with Crippen LogP contribution in [0.25, 0.3) is 0 Å². The highest BCUT2D eigenvalue weighted by atomic mass is 16.3. The smallest absolute Gasteiger partial charge is 0.122 e. The van der Waals surface area contributed by atoms with Crippen molar-refractivity contribution in [3.05, 3.63) is 28.8 Å². The Balaban J connectivity index is 2.96. The molecule has 0 aliphatic carbocycles. The van der Waals surface area contributed by atoms with Crippen LogP contribution in [0.3, 0.4) is 0 Å².